The first-order chi connectivity index (χ1) is 8.67. The van der Waals surface area contributed by atoms with Crippen molar-refractivity contribution in [3.63, 3.8) is 0 Å². The number of benzene rings is 1. The maximum absolute atomic E-state index is 13.1. The first kappa shape index (κ1) is 14.3. The van der Waals surface area contributed by atoms with Gasteiger partial charge in [-0.1, -0.05) is 13.3 Å². The lowest BCUT2D eigenvalue weighted by molar-refractivity contribution is -0.141. The van der Waals surface area contributed by atoms with Crippen molar-refractivity contribution in [3.8, 4) is 5.75 Å². The Morgan fingerprint density at radius 3 is 2.89 bits per heavy atom. The molecule has 0 saturated heterocycles. The molecule has 0 aliphatic rings. The number of methoxy groups -OCH3 is 1. The van der Waals surface area contributed by atoms with Crippen LogP contribution in [0.15, 0.2) is 18.2 Å². The predicted octanol–water partition coefficient (Wildman–Crippen LogP) is 2.59. The van der Waals surface area contributed by atoms with E-state index < -0.39 is 5.82 Å². The van der Waals surface area contributed by atoms with E-state index >= 15 is 0 Å². The Kier molecular flexibility index (Phi) is 5.97. The van der Waals surface area contributed by atoms with Gasteiger partial charge in [0.1, 0.15) is 6.54 Å². The Balaban J connectivity index is 2.41. The van der Waals surface area contributed by atoms with Crippen LogP contribution in [0.3, 0.4) is 0 Å². The highest BCUT2D eigenvalue weighted by Gasteiger charge is 2.05. The highest BCUT2D eigenvalue weighted by Crippen LogP contribution is 2.21. The summed E-state index contributed by atoms with van der Waals surface area (Å²) in [6, 6.07) is 4.31. The number of hydrogen-bond acceptors (Lipinski definition) is 4. The van der Waals surface area contributed by atoms with E-state index in [9.17, 15) is 9.18 Å². The van der Waals surface area contributed by atoms with Crippen LogP contribution in [0.25, 0.3) is 0 Å². The van der Waals surface area contributed by atoms with Gasteiger partial charge >= 0.3 is 5.97 Å². The van der Waals surface area contributed by atoms with Gasteiger partial charge < -0.3 is 14.8 Å². The third-order valence-electron chi connectivity index (χ3n) is 2.35. The van der Waals surface area contributed by atoms with Crippen molar-refractivity contribution in [2.45, 2.75) is 19.8 Å². The van der Waals surface area contributed by atoms with Crippen LogP contribution in [0.4, 0.5) is 10.1 Å². The van der Waals surface area contributed by atoms with Crippen LogP contribution in [0, 0.1) is 5.82 Å². The molecule has 0 aliphatic carbocycles. The molecule has 0 fully saturated rings. The number of rotatable bonds is 7. The molecule has 1 aromatic rings. The van der Waals surface area contributed by atoms with E-state index in [1.165, 1.54) is 25.3 Å². The molecule has 0 unspecified atom stereocenters. The summed E-state index contributed by atoms with van der Waals surface area (Å²) in [6.07, 6.45) is 1.84. The first-order valence-corrected chi connectivity index (χ1v) is 5.90. The summed E-state index contributed by atoms with van der Waals surface area (Å²) in [5.74, 6) is -0.625. The average molecular weight is 255 g/mol. The summed E-state index contributed by atoms with van der Waals surface area (Å²) in [7, 11) is 1.39. The number of unbranched alkanes of at least 4 members (excludes halogenated alkanes) is 1. The molecule has 0 atom stereocenters. The van der Waals surface area contributed by atoms with Crippen LogP contribution >= 0.6 is 0 Å². The topological polar surface area (TPSA) is 47.6 Å². The zero-order valence-electron chi connectivity index (χ0n) is 10.7. The Morgan fingerprint density at radius 2 is 2.22 bits per heavy atom. The van der Waals surface area contributed by atoms with Crippen LogP contribution in [0.2, 0.25) is 0 Å². The van der Waals surface area contributed by atoms with Gasteiger partial charge in [0.25, 0.3) is 0 Å². The number of hydrogen-bond donors (Lipinski definition) is 1. The molecule has 4 nitrogen and oxygen atoms in total. The normalized spacial score (nSPS) is 9.94. The van der Waals surface area contributed by atoms with Crippen molar-refractivity contribution in [1.82, 2.24) is 0 Å². The summed E-state index contributed by atoms with van der Waals surface area (Å²) in [5, 5.41) is 2.85. The van der Waals surface area contributed by atoms with Crippen LogP contribution in [0.5, 0.6) is 5.75 Å². The molecule has 0 saturated carbocycles. The van der Waals surface area contributed by atoms with Crippen molar-refractivity contribution in [1.29, 1.82) is 0 Å². The molecule has 5 heteroatoms. The van der Waals surface area contributed by atoms with Gasteiger partial charge in [-0.25, -0.2) is 4.39 Å². The lowest BCUT2D eigenvalue weighted by Crippen LogP contribution is -2.17. The fourth-order valence-corrected chi connectivity index (χ4v) is 1.33. The lowest BCUT2D eigenvalue weighted by Gasteiger charge is -2.08. The van der Waals surface area contributed by atoms with Crippen LogP contribution in [-0.4, -0.2) is 26.2 Å². The fourth-order valence-electron chi connectivity index (χ4n) is 1.33. The summed E-state index contributed by atoms with van der Waals surface area (Å²) >= 11 is 0. The van der Waals surface area contributed by atoms with Crippen molar-refractivity contribution in [2.24, 2.45) is 0 Å². The number of carbonyl (C=O) groups is 1. The van der Waals surface area contributed by atoms with Gasteiger partial charge in [-0.15, -0.1) is 0 Å². The molecule has 100 valence electrons. The van der Waals surface area contributed by atoms with E-state index in [1.54, 1.807) is 0 Å². The van der Waals surface area contributed by atoms with Crippen LogP contribution in [0.1, 0.15) is 19.8 Å². The zero-order chi connectivity index (χ0) is 13.4. The minimum Gasteiger partial charge on any atom is -0.494 e. The molecular formula is C13H18FNO3. The van der Waals surface area contributed by atoms with Crippen molar-refractivity contribution >= 4 is 11.7 Å². The molecular weight excluding hydrogens is 237 g/mol. The molecule has 1 rings (SSSR count). The van der Waals surface area contributed by atoms with E-state index in [0.717, 1.165) is 12.8 Å². The fraction of sp³-hybridized carbons (Fsp3) is 0.462. The monoisotopic (exact) mass is 255 g/mol. The lowest BCUT2D eigenvalue weighted by atomic mass is 10.3. The Morgan fingerprint density at radius 1 is 1.44 bits per heavy atom. The zero-order valence-corrected chi connectivity index (χ0v) is 10.7. The van der Waals surface area contributed by atoms with E-state index in [-0.39, 0.29) is 18.3 Å². The van der Waals surface area contributed by atoms with Crippen LogP contribution in [-0.2, 0) is 9.53 Å². The third-order valence-corrected chi connectivity index (χ3v) is 2.35. The quantitative estimate of drug-likeness (QED) is 0.601. The summed E-state index contributed by atoms with van der Waals surface area (Å²) in [5.41, 5.74) is 0.612. The molecule has 0 heterocycles. The number of anilines is 1. The highest BCUT2D eigenvalue weighted by atomic mass is 19.1. The first-order valence-electron chi connectivity index (χ1n) is 5.90. The van der Waals surface area contributed by atoms with Gasteiger partial charge in [-0.05, 0) is 18.6 Å². The molecule has 0 aliphatic heterocycles. The Bertz CT molecular complexity index is 396. The number of halogens is 1. The second kappa shape index (κ2) is 7.53. The van der Waals surface area contributed by atoms with Crippen LogP contribution < -0.4 is 10.1 Å². The second-order valence-electron chi connectivity index (χ2n) is 3.78. The minimum absolute atomic E-state index is 0.0541. The van der Waals surface area contributed by atoms with Gasteiger partial charge in [0.05, 0.1) is 13.7 Å². The third kappa shape index (κ3) is 4.61. The standard InChI is InChI=1S/C13H18FNO3/c1-3-4-7-18-13(16)9-15-10-5-6-11(14)12(8-10)17-2/h5-6,8,15H,3-4,7,9H2,1-2H3. The molecule has 1 N–H and O–H groups in total. The Hall–Kier alpha value is -1.78. The van der Waals surface area contributed by atoms with Crippen molar-refractivity contribution < 1.29 is 18.7 Å². The highest BCUT2D eigenvalue weighted by molar-refractivity contribution is 5.75. The van der Waals surface area contributed by atoms with Gasteiger partial charge in [0.2, 0.25) is 0 Å². The van der Waals surface area contributed by atoms with E-state index in [0.29, 0.717) is 12.3 Å². The van der Waals surface area contributed by atoms with Crippen molar-refractivity contribution in [2.75, 3.05) is 25.6 Å². The predicted molar refractivity (Wildman–Crippen MR) is 67.3 cm³/mol. The number of esters is 1. The maximum atomic E-state index is 13.1. The molecule has 0 amide bonds. The smallest absolute Gasteiger partial charge is 0.325 e. The second-order valence-corrected chi connectivity index (χ2v) is 3.78. The number of nitrogens with one attached hydrogen (secondary N) is 1. The van der Waals surface area contributed by atoms with Gasteiger partial charge in [-0.2, -0.15) is 0 Å². The molecule has 0 aromatic heterocycles. The molecule has 0 spiro atoms. The summed E-state index contributed by atoms with van der Waals surface area (Å²) in [4.78, 5) is 11.3. The molecule has 0 radical (unpaired) electrons. The number of carbonyl (C=O) groups excluding carboxylic acids is 1. The van der Waals surface area contributed by atoms with Gasteiger partial charge in [0.15, 0.2) is 11.6 Å². The molecule has 18 heavy (non-hydrogen) atoms. The van der Waals surface area contributed by atoms with Gasteiger partial charge in [-0.3, -0.25) is 4.79 Å². The van der Waals surface area contributed by atoms with Crippen molar-refractivity contribution in [3.05, 3.63) is 24.0 Å². The summed E-state index contributed by atoms with van der Waals surface area (Å²) in [6.45, 7) is 2.51. The van der Waals surface area contributed by atoms with E-state index in [1.807, 2.05) is 6.92 Å². The number of ether oxygens (including phenoxy) is 2. The molecule has 0 bridgehead atoms. The minimum atomic E-state index is -0.437. The largest absolute Gasteiger partial charge is 0.494 e. The van der Waals surface area contributed by atoms with E-state index in [2.05, 4.69) is 5.32 Å². The Labute approximate surface area is 106 Å². The average Bonchev–Trinajstić information content (AvgIpc) is 2.38. The van der Waals surface area contributed by atoms with E-state index in [4.69, 9.17) is 9.47 Å². The summed E-state index contributed by atoms with van der Waals surface area (Å²) < 4.78 is 22.9. The van der Waals surface area contributed by atoms with Gasteiger partial charge in [0, 0.05) is 11.8 Å². The maximum Gasteiger partial charge on any atom is 0.325 e. The SMILES string of the molecule is CCCCOC(=O)CNc1ccc(F)c(OC)c1. The molecule has 1 aromatic carbocycles.